The summed E-state index contributed by atoms with van der Waals surface area (Å²) in [6.07, 6.45) is 2.66. The van der Waals surface area contributed by atoms with Crippen LogP contribution in [0.15, 0.2) is 17.3 Å². The SMILES string of the molecule is CS(=O)(=O)c1[c]cc[nH]1. The molecule has 0 fully saturated rings. The summed E-state index contributed by atoms with van der Waals surface area (Å²) >= 11 is 0. The van der Waals surface area contributed by atoms with Gasteiger partial charge in [-0.3, -0.25) is 0 Å². The number of aromatic nitrogens is 1. The van der Waals surface area contributed by atoms with Crippen molar-refractivity contribution in [1.29, 1.82) is 0 Å². The van der Waals surface area contributed by atoms with Gasteiger partial charge in [-0.25, -0.2) is 8.42 Å². The summed E-state index contributed by atoms with van der Waals surface area (Å²) in [6, 6.07) is 4.06. The first kappa shape index (κ1) is 6.35. The van der Waals surface area contributed by atoms with Gasteiger partial charge in [-0.2, -0.15) is 0 Å². The van der Waals surface area contributed by atoms with Gasteiger partial charge in [0, 0.05) is 18.5 Å². The van der Waals surface area contributed by atoms with Crippen LogP contribution in [0.5, 0.6) is 0 Å². The van der Waals surface area contributed by atoms with E-state index in [-0.39, 0.29) is 5.03 Å². The predicted octanol–water partition coefficient (Wildman–Crippen LogP) is 0.218. The lowest BCUT2D eigenvalue weighted by molar-refractivity contribution is 0.599. The molecule has 1 rings (SSSR count). The molecule has 0 aliphatic heterocycles. The average Bonchev–Trinajstić information content (AvgIpc) is 2.08. The molecule has 0 aliphatic carbocycles. The highest BCUT2D eigenvalue weighted by atomic mass is 32.2. The standard InChI is InChI=1S/C5H6NO2S/c1-9(7,8)5-3-2-4-6-5/h2,4,6H,1H3. The highest BCUT2D eigenvalue weighted by molar-refractivity contribution is 7.90. The minimum Gasteiger partial charge on any atom is -0.352 e. The molecule has 4 heteroatoms. The molecule has 0 amide bonds. The van der Waals surface area contributed by atoms with Gasteiger partial charge in [0.25, 0.3) is 0 Å². The number of nitrogens with one attached hydrogen (secondary N) is 1. The smallest absolute Gasteiger partial charge is 0.191 e. The quantitative estimate of drug-likeness (QED) is 0.613. The van der Waals surface area contributed by atoms with E-state index in [0.29, 0.717) is 0 Å². The van der Waals surface area contributed by atoms with Crippen LogP contribution in [0.4, 0.5) is 0 Å². The van der Waals surface area contributed by atoms with Crippen molar-refractivity contribution in [2.75, 3.05) is 6.26 Å². The topological polar surface area (TPSA) is 49.9 Å². The van der Waals surface area contributed by atoms with Crippen molar-refractivity contribution in [1.82, 2.24) is 4.98 Å². The van der Waals surface area contributed by atoms with Gasteiger partial charge in [-0.05, 0) is 6.07 Å². The molecular weight excluding hydrogens is 138 g/mol. The Labute approximate surface area is 53.6 Å². The van der Waals surface area contributed by atoms with Gasteiger partial charge in [-0.1, -0.05) is 0 Å². The second-order valence-corrected chi connectivity index (χ2v) is 3.68. The highest BCUT2D eigenvalue weighted by Gasteiger charge is 2.05. The fourth-order valence-corrected chi connectivity index (χ4v) is 1.05. The van der Waals surface area contributed by atoms with Gasteiger partial charge in [0.1, 0.15) is 5.03 Å². The fourth-order valence-electron chi connectivity index (χ4n) is 0.490. The Hall–Kier alpha value is -0.770. The molecule has 0 unspecified atom stereocenters. The molecular formula is C5H6NO2S. The van der Waals surface area contributed by atoms with Gasteiger partial charge in [-0.15, -0.1) is 0 Å². The van der Waals surface area contributed by atoms with Gasteiger partial charge >= 0.3 is 0 Å². The number of sulfone groups is 1. The first-order valence-corrected chi connectivity index (χ1v) is 4.25. The monoisotopic (exact) mass is 144 g/mol. The van der Waals surface area contributed by atoms with E-state index in [2.05, 4.69) is 11.1 Å². The lowest BCUT2D eigenvalue weighted by Gasteiger charge is -1.87. The molecule has 0 saturated heterocycles. The average molecular weight is 144 g/mol. The molecule has 3 nitrogen and oxygen atoms in total. The molecule has 1 N–H and O–H groups in total. The van der Waals surface area contributed by atoms with E-state index in [4.69, 9.17) is 0 Å². The second-order valence-electron chi connectivity index (χ2n) is 1.72. The summed E-state index contributed by atoms with van der Waals surface area (Å²) in [5, 5.41) is 0.141. The molecule has 9 heavy (non-hydrogen) atoms. The Balaban J connectivity index is 3.20. The molecule has 49 valence electrons. The number of aromatic amines is 1. The zero-order valence-electron chi connectivity index (χ0n) is 4.88. The second kappa shape index (κ2) is 1.88. The Morgan fingerprint density at radius 3 is 2.56 bits per heavy atom. The zero-order chi connectivity index (χ0) is 6.91. The largest absolute Gasteiger partial charge is 0.352 e. The number of H-pyrrole nitrogens is 1. The maximum Gasteiger partial charge on any atom is 0.191 e. The Kier molecular flexibility index (Phi) is 1.32. The minimum absolute atomic E-state index is 0.141. The van der Waals surface area contributed by atoms with Crippen LogP contribution in [-0.4, -0.2) is 19.7 Å². The van der Waals surface area contributed by atoms with Crippen LogP contribution in [0.25, 0.3) is 0 Å². The number of hydrogen-bond acceptors (Lipinski definition) is 2. The maximum absolute atomic E-state index is 10.6. The summed E-state index contributed by atoms with van der Waals surface area (Å²) in [6.45, 7) is 0. The molecule has 0 bridgehead atoms. The van der Waals surface area contributed by atoms with Gasteiger partial charge in [0.05, 0.1) is 0 Å². The first-order valence-electron chi connectivity index (χ1n) is 2.36. The molecule has 0 spiro atoms. The van der Waals surface area contributed by atoms with E-state index in [0.717, 1.165) is 6.26 Å². The van der Waals surface area contributed by atoms with E-state index in [1.54, 1.807) is 0 Å². The van der Waals surface area contributed by atoms with E-state index in [1.165, 1.54) is 12.3 Å². The third-order valence-electron chi connectivity index (χ3n) is 0.883. The Morgan fingerprint density at radius 2 is 2.33 bits per heavy atom. The summed E-state index contributed by atoms with van der Waals surface area (Å²) in [7, 11) is -3.07. The van der Waals surface area contributed by atoms with E-state index >= 15 is 0 Å². The molecule has 0 aromatic carbocycles. The van der Waals surface area contributed by atoms with Crippen LogP contribution in [-0.2, 0) is 9.84 Å². The fraction of sp³-hybridized carbons (Fsp3) is 0.200. The minimum atomic E-state index is -3.07. The third-order valence-corrected chi connectivity index (χ3v) is 1.86. The van der Waals surface area contributed by atoms with E-state index in [9.17, 15) is 8.42 Å². The van der Waals surface area contributed by atoms with Crippen molar-refractivity contribution in [3.05, 3.63) is 18.3 Å². The Morgan fingerprint density at radius 1 is 1.67 bits per heavy atom. The van der Waals surface area contributed by atoms with Crippen LogP contribution in [0, 0.1) is 6.07 Å². The normalized spacial score (nSPS) is 11.7. The maximum atomic E-state index is 10.6. The van der Waals surface area contributed by atoms with Gasteiger partial charge < -0.3 is 4.98 Å². The van der Waals surface area contributed by atoms with E-state index < -0.39 is 9.84 Å². The molecule has 0 aliphatic rings. The van der Waals surface area contributed by atoms with Crippen molar-refractivity contribution in [2.24, 2.45) is 0 Å². The number of rotatable bonds is 1. The van der Waals surface area contributed by atoms with Crippen LogP contribution in [0.2, 0.25) is 0 Å². The molecule has 1 radical (unpaired) electrons. The van der Waals surface area contributed by atoms with Crippen molar-refractivity contribution in [3.8, 4) is 0 Å². The van der Waals surface area contributed by atoms with Crippen molar-refractivity contribution in [2.45, 2.75) is 5.03 Å². The lowest BCUT2D eigenvalue weighted by atomic mass is 10.7. The van der Waals surface area contributed by atoms with Crippen molar-refractivity contribution >= 4 is 9.84 Å². The summed E-state index contributed by atoms with van der Waals surface area (Å²) in [5.41, 5.74) is 0. The third kappa shape index (κ3) is 1.32. The molecule has 0 saturated carbocycles. The highest BCUT2D eigenvalue weighted by Crippen LogP contribution is 2.00. The van der Waals surface area contributed by atoms with Crippen LogP contribution >= 0.6 is 0 Å². The van der Waals surface area contributed by atoms with Gasteiger partial charge in [0.15, 0.2) is 9.84 Å². The Bertz CT molecular complexity index is 272. The zero-order valence-corrected chi connectivity index (χ0v) is 5.70. The van der Waals surface area contributed by atoms with Crippen LogP contribution in [0.3, 0.4) is 0 Å². The van der Waals surface area contributed by atoms with Crippen LogP contribution in [0.1, 0.15) is 0 Å². The number of hydrogen-bond donors (Lipinski definition) is 1. The van der Waals surface area contributed by atoms with Gasteiger partial charge in [0.2, 0.25) is 0 Å². The molecule has 1 aromatic heterocycles. The molecule has 1 heterocycles. The molecule has 0 atom stereocenters. The first-order chi connectivity index (χ1) is 4.11. The lowest BCUT2D eigenvalue weighted by Crippen LogP contribution is -1.96. The predicted molar refractivity (Wildman–Crippen MR) is 32.7 cm³/mol. The summed E-state index contributed by atoms with van der Waals surface area (Å²) in [5.74, 6) is 0. The van der Waals surface area contributed by atoms with Crippen molar-refractivity contribution < 1.29 is 8.42 Å². The van der Waals surface area contributed by atoms with Crippen molar-refractivity contribution in [3.63, 3.8) is 0 Å². The van der Waals surface area contributed by atoms with E-state index in [1.807, 2.05) is 0 Å². The van der Waals surface area contributed by atoms with Crippen LogP contribution < -0.4 is 0 Å². The summed E-state index contributed by atoms with van der Waals surface area (Å²) < 4.78 is 21.3. The summed E-state index contributed by atoms with van der Waals surface area (Å²) in [4.78, 5) is 2.53. The molecule has 1 aromatic rings.